The Kier molecular flexibility index (Phi) is 2.90. The van der Waals surface area contributed by atoms with Crippen LogP contribution in [-0.2, 0) is 9.63 Å². The molecule has 0 aliphatic carbocycles. The van der Waals surface area contributed by atoms with Crippen molar-refractivity contribution in [1.82, 2.24) is 20.6 Å². The van der Waals surface area contributed by atoms with E-state index in [1.54, 1.807) is 18.4 Å². The summed E-state index contributed by atoms with van der Waals surface area (Å²) in [7, 11) is 1.59. The van der Waals surface area contributed by atoms with E-state index in [1.807, 2.05) is 29.2 Å². The van der Waals surface area contributed by atoms with Gasteiger partial charge < -0.3 is 10.6 Å². The highest BCUT2D eigenvalue weighted by Crippen LogP contribution is 2.30. The SMILES string of the molecule is CON1C=C2C(=O)NC3=C(NCC(c4ccccc4)=C3)N2C1. The van der Waals surface area contributed by atoms with Crippen molar-refractivity contribution in [2.45, 2.75) is 0 Å². The van der Waals surface area contributed by atoms with Crippen molar-refractivity contribution in [3.8, 4) is 0 Å². The van der Waals surface area contributed by atoms with E-state index < -0.39 is 0 Å². The van der Waals surface area contributed by atoms with Crippen LogP contribution in [0.1, 0.15) is 5.56 Å². The molecule has 1 aromatic rings. The number of carbonyl (C=O) groups is 1. The molecule has 0 saturated carbocycles. The lowest BCUT2D eigenvalue weighted by molar-refractivity contribution is -0.119. The van der Waals surface area contributed by atoms with E-state index in [2.05, 4.69) is 22.8 Å². The van der Waals surface area contributed by atoms with Crippen LogP contribution in [0, 0.1) is 0 Å². The van der Waals surface area contributed by atoms with Crippen molar-refractivity contribution in [3.63, 3.8) is 0 Å². The number of benzene rings is 1. The van der Waals surface area contributed by atoms with Crippen LogP contribution >= 0.6 is 0 Å². The van der Waals surface area contributed by atoms with Gasteiger partial charge in [0.15, 0.2) is 0 Å². The van der Waals surface area contributed by atoms with E-state index in [4.69, 9.17) is 4.84 Å². The molecule has 0 radical (unpaired) electrons. The van der Waals surface area contributed by atoms with Crippen molar-refractivity contribution in [2.24, 2.45) is 0 Å². The van der Waals surface area contributed by atoms with Gasteiger partial charge >= 0.3 is 0 Å². The van der Waals surface area contributed by atoms with Gasteiger partial charge in [0.1, 0.15) is 18.2 Å². The fourth-order valence-electron chi connectivity index (χ4n) is 2.87. The summed E-state index contributed by atoms with van der Waals surface area (Å²) in [6, 6.07) is 10.2. The van der Waals surface area contributed by atoms with E-state index >= 15 is 0 Å². The lowest BCUT2D eigenvalue weighted by atomic mass is 10.0. The molecule has 6 nitrogen and oxygen atoms in total. The first-order valence-corrected chi connectivity index (χ1v) is 7.12. The molecule has 0 unspecified atom stereocenters. The van der Waals surface area contributed by atoms with Gasteiger partial charge in [0.2, 0.25) is 0 Å². The highest BCUT2D eigenvalue weighted by molar-refractivity contribution is 5.97. The highest BCUT2D eigenvalue weighted by Gasteiger charge is 2.36. The second kappa shape index (κ2) is 4.92. The minimum Gasteiger partial charge on any atom is -0.366 e. The summed E-state index contributed by atoms with van der Waals surface area (Å²) in [5.41, 5.74) is 3.68. The van der Waals surface area contributed by atoms with Crippen LogP contribution in [0.15, 0.2) is 59.8 Å². The second-order valence-electron chi connectivity index (χ2n) is 5.29. The Labute approximate surface area is 128 Å². The molecular weight excluding hydrogens is 280 g/mol. The van der Waals surface area contributed by atoms with Gasteiger partial charge in [0, 0.05) is 6.54 Å². The van der Waals surface area contributed by atoms with Gasteiger partial charge in [-0.15, -0.1) is 0 Å². The first-order chi connectivity index (χ1) is 10.8. The summed E-state index contributed by atoms with van der Waals surface area (Å²) in [6.45, 7) is 1.22. The summed E-state index contributed by atoms with van der Waals surface area (Å²) in [5, 5.41) is 7.98. The maximum Gasteiger partial charge on any atom is 0.274 e. The Morgan fingerprint density at radius 2 is 2.05 bits per heavy atom. The average Bonchev–Trinajstić information content (AvgIpc) is 3.00. The third-order valence-electron chi connectivity index (χ3n) is 3.99. The third kappa shape index (κ3) is 1.96. The quantitative estimate of drug-likeness (QED) is 0.851. The van der Waals surface area contributed by atoms with Crippen LogP contribution in [0.3, 0.4) is 0 Å². The summed E-state index contributed by atoms with van der Waals surface area (Å²) >= 11 is 0. The standard InChI is InChI=1S/C16H16N4O2/c1-22-19-9-14-16(21)18-13-7-12(11-5-3-2-4-6-11)8-17-15(13)20(14)10-19/h2-7,9,17H,8,10H2,1H3,(H,18,21). The number of allylic oxidation sites excluding steroid dienone is 1. The average molecular weight is 296 g/mol. The van der Waals surface area contributed by atoms with Crippen molar-refractivity contribution < 1.29 is 9.63 Å². The maximum absolute atomic E-state index is 12.2. The van der Waals surface area contributed by atoms with Crippen molar-refractivity contribution in [2.75, 3.05) is 20.3 Å². The van der Waals surface area contributed by atoms with E-state index in [-0.39, 0.29) is 5.91 Å². The van der Waals surface area contributed by atoms with Gasteiger partial charge in [-0.25, -0.2) is 5.06 Å². The predicted octanol–water partition coefficient (Wildman–Crippen LogP) is 0.950. The molecule has 0 aromatic heterocycles. The van der Waals surface area contributed by atoms with E-state index in [0.29, 0.717) is 12.4 Å². The van der Waals surface area contributed by atoms with E-state index in [0.717, 1.165) is 29.2 Å². The number of hydroxylamine groups is 2. The normalized spacial score (nSPS) is 20.0. The van der Waals surface area contributed by atoms with Gasteiger partial charge in [-0.1, -0.05) is 30.3 Å². The maximum atomic E-state index is 12.2. The number of carbonyl (C=O) groups excluding carboxylic acids is 1. The highest BCUT2D eigenvalue weighted by atomic mass is 16.7. The summed E-state index contributed by atoms with van der Waals surface area (Å²) < 4.78 is 0. The van der Waals surface area contributed by atoms with Crippen LogP contribution < -0.4 is 10.6 Å². The van der Waals surface area contributed by atoms with E-state index in [1.165, 1.54) is 0 Å². The Hall–Kier alpha value is -2.73. The molecule has 2 N–H and O–H groups in total. The lowest BCUT2D eigenvalue weighted by Crippen LogP contribution is -2.46. The first kappa shape index (κ1) is 13.0. The lowest BCUT2D eigenvalue weighted by Gasteiger charge is -2.34. The van der Waals surface area contributed by atoms with Crippen LogP contribution in [0.25, 0.3) is 5.57 Å². The van der Waals surface area contributed by atoms with Gasteiger partial charge in [-0.2, -0.15) is 0 Å². The number of amides is 1. The number of fused-ring (bicyclic) bond motifs is 2. The van der Waals surface area contributed by atoms with Crippen molar-refractivity contribution in [1.29, 1.82) is 0 Å². The molecule has 3 heterocycles. The molecule has 0 bridgehead atoms. The number of hydrogen-bond acceptors (Lipinski definition) is 5. The zero-order chi connectivity index (χ0) is 15.1. The monoisotopic (exact) mass is 296 g/mol. The Bertz CT molecular complexity index is 721. The van der Waals surface area contributed by atoms with Crippen LogP contribution in [0.4, 0.5) is 0 Å². The van der Waals surface area contributed by atoms with Crippen molar-refractivity contribution >= 4 is 11.5 Å². The summed E-state index contributed by atoms with van der Waals surface area (Å²) in [5.74, 6) is 0.788. The van der Waals surface area contributed by atoms with Gasteiger partial charge in [0.05, 0.1) is 19.0 Å². The zero-order valence-electron chi connectivity index (χ0n) is 12.2. The number of nitrogens with one attached hydrogen (secondary N) is 2. The topological polar surface area (TPSA) is 56.8 Å². The largest absolute Gasteiger partial charge is 0.366 e. The minimum absolute atomic E-state index is 0.120. The van der Waals surface area contributed by atoms with Crippen LogP contribution in [0.2, 0.25) is 0 Å². The number of hydrogen-bond donors (Lipinski definition) is 2. The third-order valence-corrected chi connectivity index (χ3v) is 3.99. The molecular formula is C16H16N4O2. The minimum atomic E-state index is -0.120. The molecule has 0 saturated heterocycles. The molecule has 4 rings (SSSR count). The molecule has 22 heavy (non-hydrogen) atoms. The Morgan fingerprint density at radius 3 is 2.82 bits per heavy atom. The number of dihydropyridines is 1. The van der Waals surface area contributed by atoms with Gasteiger partial charge in [-0.3, -0.25) is 14.5 Å². The number of nitrogens with zero attached hydrogens (tertiary/aromatic N) is 2. The number of rotatable bonds is 2. The molecule has 0 fully saturated rings. The van der Waals surface area contributed by atoms with Crippen LogP contribution in [0.5, 0.6) is 0 Å². The Morgan fingerprint density at radius 1 is 1.23 bits per heavy atom. The predicted molar refractivity (Wildman–Crippen MR) is 81.2 cm³/mol. The fraction of sp³-hybridized carbons (Fsp3) is 0.188. The molecule has 3 aliphatic rings. The molecule has 112 valence electrons. The molecule has 1 amide bonds. The molecule has 0 atom stereocenters. The smallest absolute Gasteiger partial charge is 0.274 e. The van der Waals surface area contributed by atoms with E-state index in [9.17, 15) is 4.79 Å². The molecule has 1 aromatic carbocycles. The molecule has 0 spiro atoms. The summed E-state index contributed by atoms with van der Waals surface area (Å²) in [6.07, 6.45) is 3.74. The summed E-state index contributed by atoms with van der Waals surface area (Å²) in [4.78, 5) is 19.4. The zero-order valence-corrected chi connectivity index (χ0v) is 12.2. The fourth-order valence-corrected chi connectivity index (χ4v) is 2.87. The van der Waals surface area contributed by atoms with Crippen molar-refractivity contribution in [3.05, 3.63) is 65.4 Å². The van der Waals surface area contributed by atoms with Gasteiger partial charge in [-0.05, 0) is 17.2 Å². The molecule has 6 heteroatoms. The van der Waals surface area contributed by atoms with Gasteiger partial charge in [0.25, 0.3) is 5.91 Å². The van der Waals surface area contributed by atoms with Crippen LogP contribution in [-0.4, -0.2) is 36.2 Å². The molecule has 3 aliphatic heterocycles. The second-order valence-corrected chi connectivity index (χ2v) is 5.29. The Balaban J connectivity index is 1.71. The first-order valence-electron chi connectivity index (χ1n) is 7.12.